The summed E-state index contributed by atoms with van der Waals surface area (Å²) in [5, 5.41) is 9.16. The summed E-state index contributed by atoms with van der Waals surface area (Å²) in [6.07, 6.45) is 2.33. The van der Waals surface area contributed by atoms with E-state index >= 15 is 0 Å². The van der Waals surface area contributed by atoms with Gasteiger partial charge in [-0.3, -0.25) is 4.79 Å². The van der Waals surface area contributed by atoms with Crippen LogP contribution < -0.4 is 9.47 Å². The van der Waals surface area contributed by atoms with Gasteiger partial charge < -0.3 is 14.6 Å². The first kappa shape index (κ1) is 14.7. The van der Waals surface area contributed by atoms with Crippen molar-refractivity contribution in [3.63, 3.8) is 0 Å². The molecule has 4 nitrogen and oxygen atoms in total. The predicted octanol–water partition coefficient (Wildman–Crippen LogP) is 3.29. The van der Waals surface area contributed by atoms with E-state index in [9.17, 15) is 4.79 Å². The van der Waals surface area contributed by atoms with E-state index in [0.717, 1.165) is 41.0 Å². The number of carboxylic acids is 1. The second-order valence-electron chi connectivity index (χ2n) is 5.49. The molecule has 1 saturated carbocycles. The average molecular weight is 278 g/mol. The van der Waals surface area contributed by atoms with Crippen molar-refractivity contribution in [2.75, 3.05) is 14.2 Å². The molecule has 0 amide bonds. The van der Waals surface area contributed by atoms with E-state index in [1.807, 2.05) is 19.9 Å². The number of hydrogen-bond donors (Lipinski definition) is 1. The van der Waals surface area contributed by atoms with Crippen LogP contribution in [0.25, 0.3) is 0 Å². The molecule has 1 atom stereocenters. The van der Waals surface area contributed by atoms with E-state index < -0.39 is 5.97 Å². The number of carbonyl (C=O) groups is 1. The minimum absolute atomic E-state index is 0.00986. The minimum atomic E-state index is -0.763. The molecule has 0 radical (unpaired) electrons. The number of hydrogen-bond acceptors (Lipinski definition) is 3. The zero-order valence-corrected chi connectivity index (χ0v) is 12.5. The second kappa shape index (κ2) is 5.73. The summed E-state index contributed by atoms with van der Waals surface area (Å²) in [5.74, 6) is 1.30. The van der Waals surface area contributed by atoms with Crippen LogP contribution in [0.3, 0.4) is 0 Å². The highest BCUT2D eigenvalue weighted by Gasteiger charge is 2.36. The van der Waals surface area contributed by atoms with Crippen molar-refractivity contribution in [2.24, 2.45) is 5.92 Å². The fourth-order valence-electron chi connectivity index (χ4n) is 2.86. The van der Waals surface area contributed by atoms with Crippen molar-refractivity contribution in [3.8, 4) is 11.5 Å². The predicted molar refractivity (Wildman–Crippen MR) is 76.7 cm³/mol. The second-order valence-corrected chi connectivity index (χ2v) is 5.49. The summed E-state index contributed by atoms with van der Waals surface area (Å²) in [5.41, 5.74) is 3.04. The molecule has 0 heterocycles. The molecule has 0 spiro atoms. The van der Waals surface area contributed by atoms with Crippen LogP contribution in [0.15, 0.2) is 6.07 Å². The van der Waals surface area contributed by atoms with E-state index in [-0.39, 0.29) is 12.3 Å². The van der Waals surface area contributed by atoms with Crippen LogP contribution in [-0.2, 0) is 4.79 Å². The van der Waals surface area contributed by atoms with Crippen LogP contribution in [0.4, 0.5) is 0 Å². The lowest BCUT2D eigenvalue weighted by molar-refractivity contribution is -0.137. The summed E-state index contributed by atoms with van der Waals surface area (Å²) in [4.78, 5) is 11.1. The Bertz CT molecular complexity index is 518. The molecule has 1 aliphatic rings. The van der Waals surface area contributed by atoms with Crippen LogP contribution in [-0.4, -0.2) is 25.3 Å². The van der Waals surface area contributed by atoms with E-state index in [4.69, 9.17) is 14.6 Å². The summed E-state index contributed by atoms with van der Waals surface area (Å²) in [6.45, 7) is 3.98. The fraction of sp³-hybridized carbons (Fsp3) is 0.562. The van der Waals surface area contributed by atoms with Crippen LogP contribution in [0.5, 0.6) is 11.5 Å². The van der Waals surface area contributed by atoms with Gasteiger partial charge in [0.1, 0.15) is 11.5 Å². The highest BCUT2D eigenvalue weighted by atomic mass is 16.5. The van der Waals surface area contributed by atoms with Gasteiger partial charge in [-0.25, -0.2) is 0 Å². The lowest BCUT2D eigenvalue weighted by atomic mass is 9.87. The Kier molecular flexibility index (Phi) is 4.21. The van der Waals surface area contributed by atoms with Gasteiger partial charge in [-0.1, -0.05) is 0 Å². The first-order valence-corrected chi connectivity index (χ1v) is 6.93. The normalized spacial score (nSPS) is 15.8. The summed E-state index contributed by atoms with van der Waals surface area (Å²) >= 11 is 0. The van der Waals surface area contributed by atoms with Crippen molar-refractivity contribution in [2.45, 2.75) is 39.0 Å². The molecular weight excluding hydrogens is 256 g/mol. The molecule has 0 aromatic heterocycles. The molecule has 1 N–H and O–H groups in total. The SMILES string of the molecule is COc1cc(C(CC(=O)O)C2CC2)c(OC)c(C)c1C. The molecule has 1 fully saturated rings. The van der Waals surface area contributed by atoms with Crippen LogP contribution in [0, 0.1) is 19.8 Å². The molecule has 0 aliphatic heterocycles. The van der Waals surface area contributed by atoms with Gasteiger partial charge in [-0.15, -0.1) is 0 Å². The molecule has 110 valence electrons. The maximum atomic E-state index is 11.1. The standard InChI is InChI=1S/C16H22O4/c1-9-10(2)16(20-4)13(7-14(9)19-3)12(8-15(17)18)11-5-6-11/h7,11-12H,5-6,8H2,1-4H3,(H,17,18). The Hall–Kier alpha value is -1.71. The summed E-state index contributed by atoms with van der Waals surface area (Å²) in [7, 11) is 3.28. The van der Waals surface area contributed by atoms with Gasteiger partial charge in [-0.2, -0.15) is 0 Å². The van der Waals surface area contributed by atoms with Gasteiger partial charge in [0.15, 0.2) is 0 Å². The van der Waals surface area contributed by atoms with E-state index in [2.05, 4.69) is 0 Å². The topological polar surface area (TPSA) is 55.8 Å². The highest BCUT2D eigenvalue weighted by molar-refractivity contribution is 5.69. The van der Waals surface area contributed by atoms with Crippen molar-refractivity contribution >= 4 is 5.97 Å². The van der Waals surface area contributed by atoms with E-state index in [1.54, 1.807) is 14.2 Å². The third-order valence-electron chi connectivity index (χ3n) is 4.23. The highest BCUT2D eigenvalue weighted by Crippen LogP contribution is 2.49. The van der Waals surface area contributed by atoms with E-state index in [0.29, 0.717) is 5.92 Å². The molecule has 0 bridgehead atoms. The van der Waals surface area contributed by atoms with Crippen molar-refractivity contribution in [1.82, 2.24) is 0 Å². The Balaban J connectivity index is 2.51. The summed E-state index contributed by atoms with van der Waals surface area (Å²) < 4.78 is 11.0. The van der Waals surface area contributed by atoms with E-state index in [1.165, 1.54) is 0 Å². The zero-order chi connectivity index (χ0) is 14.9. The molecule has 1 aromatic rings. The largest absolute Gasteiger partial charge is 0.496 e. The third-order valence-corrected chi connectivity index (χ3v) is 4.23. The molecule has 20 heavy (non-hydrogen) atoms. The number of benzene rings is 1. The van der Waals surface area contributed by atoms with Crippen LogP contribution in [0.2, 0.25) is 0 Å². The number of ether oxygens (including phenoxy) is 2. The Morgan fingerprint density at radius 1 is 1.30 bits per heavy atom. The Labute approximate surface area is 119 Å². The van der Waals surface area contributed by atoms with Gasteiger partial charge >= 0.3 is 5.97 Å². The molecule has 4 heteroatoms. The number of carboxylic acid groups (broad SMARTS) is 1. The quantitative estimate of drug-likeness (QED) is 0.867. The van der Waals surface area contributed by atoms with Gasteiger partial charge in [0.2, 0.25) is 0 Å². The van der Waals surface area contributed by atoms with Crippen LogP contribution >= 0.6 is 0 Å². The van der Waals surface area contributed by atoms with Gasteiger partial charge in [0, 0.05) is 11.5 Å². The molecular formula is C16H22O4. The maximum Gasteiger partial charge on any atom is 0.303 e. The third kappa shape index (κ3) is 2.74. The fourth-order valence-corrected chi connectivity index (χ4v) is 2.86. The molecule has 0 saturated heterocycles. The smallest absolute Gasteiger partial charge is 0.303 e. The Morgan fingerprint density at radius 3 is 2.40 bits per heavy atom. The number of methoxy groups -OCH3 is 2. The molecule has 1 unspecified atom stereocenters. The van der Waals surface area contributed by atoms with Gasteiger partial charge in [-0.05, 0) is 49.8 Å². The minimum Gasteiger partial charge on any atom is -0.496 e. The van der Waals surface area contributed by atoms with Crippen molar-refractivity contribution in [1.29, 1.82) is 0 Å². The molecule has 2 rings (SSSR count). The van der Waals surface area contributed by atoms with Crippen molar-refractivity contribution < 1.29 is 19.4 Å². The lowest BCUT2D eigenvalue weighted by Gasteiger charge is -2.22. The number of aliphatic carboxylic acids is 1. The molecule has 1 aromatic carbocycles. The summed E-state index contributed by atoms with van der Waals surface area (Å²) in [6, 6.07) is 1.95. The molecule has 1 aliphatic carbocycles. The first-order chi connectivity index (χ1) is 9.49. The van der Waals surface area contributed by atoms with Gasteiger partial charge in [0.05, 0.1) is 20.6 Å². The Morgan fingerprint density at radius 2 is 1.95 bits per heavy atom. The van der Waals surface area contributed by atoms with Crippen LogP contribution in [0.1, 0.15) is 41.9 Å². The number of rotatable bonds is 6. The maximum absolute atomic E-state index is 11.1. The first-order valence-electron chi connectivity index (χ1n) is 6.93. The lowest BCUT2D eigenvalue weighted by Crippen LogP contribution is -2.11. The monoisotopic (exact) mass is 278 g/mol. The zero-order valence-electron chi connectivity index (χ0n) is 12.5. The van der Waals surface area contributed by atoms with Gasteiger partial charge in [0.25, 0.3) is 0 Å². The average Bonchev–Trinajstić information content (AvgIpc) is 3.23. The van der Waals surface area contributed by atoms with Crippen molar-refractivity contribution in [3.05, 3.63) is 22.8 Å².